The lowest BCUT2D eigenvalue weighted by molar-refractivity contribution is -0.184. The molecule has 0 aliphatic heterocycles. The molecule has 3 nitrogen and oxygen atoms in total. The van der Waals surface area contributed by atoms with Gasteiger partial charge in [-0.15, -0.1) is 0 Å². The van der Waals surface area contributed by atoms with Gasteiger partial charge in [0.1, 0.15) is 5.78 Å². The second-order valence-electron chi connectivity index (χ2n) is 9.28. The van der Waals surface area contributed by atoms with Crippen LogP contribution in [-0.2, 0) is 9.59 Å². The Labute approximate surface area is 138 Å². The number of hydrogen-bond donors (Lipinski definition) is 1. The van der Waals surface area contributed by atoms with Crippen molar-refractivity contribution in [3.8, 4) is 0 Å². The Bertz CT molecular complexity index is 608. The number of rotatable bonds is 1. The number of carbonyl (C=O) groups excluding carboxylic acids is 1. The third-order valence-electron chi connectivity index (χ3n) is 8.41. The Morgan fingerprint density at radius 1 is 1.22 bits per heavy atom. The SMILES string of the molecule is C=C1C[C@]23C[C@H]1CC[C@H]2[C@]1(C)CCC[C@@](C)(C(=O)O)[C@H]1CC3=O. The highest BCUT2D eigenvalue weighted by molar-refractivity contribution is 5.89. The van der Waals surface area contributed by atoms with Crippen molar-refractivity contribution in [2.24, 2.45) is 34.0 Å². The maximum absolute atomic E-state index is 13.2. The molecule has 6 atom stereocenters. The summed E-state index contributed by atoms with van der Waals surface area (Å²) in [5, 5.41) is 9.88. The summed E-state index contributed by atoms with van der Waals surface area (Å²) < 4.78 is 0. The zero-order valence-electron chi connectivity index (χ0n) is 14.4. The molecule has 4 saturated carbocycles. The number of aliphatic carboxylic acids is 1. The van der Waals surface area contributed by atoms with Crippen LogP contribution in [0, 0.1) is 34.0 Å². The topological polar surface area (TPSA) is 54.4 Å². The van der Waals surface area contributed by atoms with E-state index in [1.54, 1.807) is 0 Å². The van der Waals surface area contributed by atoms with Gasteiger partial charge in [-0.25, -0.2) is 0 Å². The van der Waals surface area contributed by atoms with Gasteiger partial charge >= 0.3 is 5.97 Å². The van der Waals surface area contributed by atoms with Gasteiger partial charge in [0, 0.05) is 11.8 Å². The number of carbonyl (C=O) groups is 2. The maximum atomic E-state index is 13.2. The number of carboxylic acid groups (broad SMARTS) is 1. The van der Waals surface area contributed by atoms with E-state index in [2.05, 4.69) is 13.5 Å². The van der Waals surface area contributed by atoms with Crippen molar-refractivity contribution in [1.82, 2.24) is 0 Å². The van der Waals surface area contributed by atoms with Crippen LogP contribution < -0.4 is 0 Å². The Balaban J connectivity index is 1.81. The highest BCUT2D eigenvalue weighted by atomic mass is 16.4. The predicted molar refractivity (Wildman–Crippen MR) is 87.8 cm³/mol. The summed E-state index contributed by atoms with van der Waals surface area (Å²) in [4.78, 5) is 25.3. The van der Waals surface area contributed by atoms with Crippen LogP contribution >= 0.6 is 0 Å². The van der Waals surface area contributed by atoms with Crippen molar-refractivity contribution in [3.63, 3.8) is 0 Å². The summed E-state index contributed by atoms with van der Waals surface area (Å²) in [6.07, 6.45) is 7.32. The monoisotopic (exact) mass is 316 g/mol. The van der Waals surface area contributed by atoms with Gasteiger partial charge in [0.15, 0.2) is 0 Å². The summed E-state index contributed by atoms with van der Waals surface area (Å²) in [6, 6.07) is 0. The van der Waals surface area contributed by atoms with Gasteiger partial charge < -0.3 is 5.11 Å². The van der Waals surface area contributed by atoms with Crippen molar-refractivity contribution in [3.05, 3.63) is 12.2 Å². The highest BCUT2D eigenvalue weighted by Gasteiger charge is 2.68. The van der Waals surface area contributed by atoms with E-state index >= 15 is 0 Å². The third-order valence-corrected chi connectivity index (χ3v) is 8.41. The first-order chi connectivity index (χ1) is 10.7. The molecule has 23 heavy (non-hydrogen) atoms. The quantitative estimate of drug-likeness (QED) is 0.737. The molecule has 4 rings (SSSR count). The molecule has 2 bridgehead atoms. The number of allylic oxidation sites excluding steroid dienone is 1. The second kappa shape index (κ2) is 4.49. The van der Waals surface area contributed by atoms with Crippen LogP contribution in [0.1, 0.15) is 65.2 Å². The van der Waals surface area contributed by atoms with Crippen LogP contribution in [0.3, 0.4) is 0 Å². The minimum Gasteiger partial charge on any atom is -0.481 e. The van der Waals surface area contributed by atoms with Gasteiger partial charge in [0.2, 0.25) is 0 Å². The van der Waals surface area contributed by atoms with Crippen LogP contribution in [0.2, 0.25) is 0 Å². The number of carboxylic acids is 1. The molecule has 4 aliphatic carbocycles. The van der Waals surface area contributed by atoms with E-state index in [1.165, 1.54) is 5.57 Å². The molecule has 0 saturated heterocycles. The Morgan fingerprint density at radius 3 is 2.65 bits per heavy atom. The van der Waals surface area contributed by atoms with Crippen molar-refractivity contribution in [1.29, 1.82) is 0 Å². The van der Waals surface area contributed by atoms with Crippen molar-refractivity contribution >= 4 is 11.8 Å². The molecule has 0 aromatic rings. The fourth-order valence-electron chi connectivity index (χ4n) is 7.22. The summed E-state index contributed by atoms with van der Waals surface area (Å²) in [5.74, 6) is 0.528. The second-order valence-corrected chi connectivity index (χ2v) is 9.28. The Morgan fingerprint density at radius 2 is 1.96 bits per heavy atom. The van der Waals surface area contributed by atoms with E-state index in [-0.39, 0.29) is 16.7 Å². The smallest absolute Gasteiger partial charge is 0.309 e. The lowest BCUT2D eigenvalue weighted by Gasteiger charge is -2.62. The first kappa shape index (κ1) is 15.4. The highest BCUT2D eigenvalue weighted by Crippen LogP contribution is 2.70. The van der Waals surface area contributed by atoms with Crippen LogP contribution in [-0.4, -0.2) is 16.9 Å². The molecule has 1 spiro atoms. The molecule has 4 fully saturated rings. The summed E-state index contributed by atoms with van der Waals surface area (Å²) >= 11 is 0. The number of hydrogen-bond acceptors (Lipinski definition) is 2. The largest absolute Gasteiger partial charge is 0.481 e. The zero-order chi connectivity index (χ0) is 16.6. The van der Waals surface area contributed by atoms with Crippen molar-refractivity contribution < 1.29 is 14.7 Å². The number of Topliss-reactive ketones (excluding diaryl/α,β-unsaturated/α-hetero) is 1. The average Bonchev–Trinajstić information content (AvgIpc) is 2.73. The summed E-state index contributed by atoms with van der Waals surface area (Å²) in [7, 11) is 0. The number of ketones is 1. The van der Waals surface area contributed by atoms with Gasteiger partial charge in [-0.3, -0.25) is 9.59 Å². The molecular formula is C20H28O3. The molecule has 0 amide bonds. The fourth-order valence-corrected chi connectivity index (χ4v) is 7.22. The molecule has 3 heteroatoms. The van der Waals surface area contributed by atoms with Gasteiger partial charge in [-0.05, 0) is 68.6 Å². The van der Waals surface area contributed by atoms with Gasteiger partial charge in [0.25, 0.3) is 0 Å². The Kier molecular flexibility index (Phi) is 3.01. The average molecular weight is 316 g/mol. The minimum absolute atomic E-state index is 0.00482. The first-order valence-electron chi connectivity index (χ1n) is 9.18. The van der Waals surface area contributed by atoms with Crippen LogP contribution in [0.25, 0.3) is 0 Å². The van der Waals surface area contributed by atoms with Gasteiger partial charge in [-0.1, -0.05) is 25.5 Å². The normalized spacial score (nSPS) is 52.0. The maximum Gasteiger partial charge on any atom is 0.309 e. The predicted octanol–water partition coefficient (Wildman–Crippen LogP) is 4.22. The van der Waals surface area contributed by atoms with Gasteiger partial charge in [0.05, 0.1) is 5.41 Å². The Hall–Kier alpha value is -1.12. The zero-order valence-corrected chi connectivity index (χ0v) is 14.4. The molecule has 126 valence electrons. The molecule has 0 heterocycles. The summed E-state index contributed by atoms with van der Waals surface area (Å²) in [5.41, 5.74) is 0.327. The van der Waals surface area contributed by atoms with E-state index in [4.69, 9.17) is 0 Å². The molecule has 1 N–H and O–H groups in total. The molecule has 0 unspecified atom stereocenters. The fraction of sp³-hybridized carbons (Fsp3) is 0.800. The first-order valence-corrected chi connectivity index (χ1v) is 9.18. The summed E-state index contributed by atoms with van der Waals surface area (Å²) in [6.45, 7) is 8.45. The molecule has 0 radical (unpaired) electrons. The van der Waals surface area contributed by atoms with Crippen LogP contribution in [0.15, 0.2) is 12.2 Å². The molecule has 0 aromatic carbocycles. The van der Waals surface area contributed by atoms with Crippen LogP contribution in [0.5, 0.6) is 0 Å². The minimum atomic E-state index is -0.739. The van der Waals surface area contributed by atoms with Crippen molar-refractivity contribution in [2.75, 3.05) is 0 Å². The van der Waals surface area contributed by atoms with Crippen molar-refractivity contribution in [2.45, 2.75) is 65.2 Å². The standard InChI is InChI=1S/C20H28O3/c1-12-10-20-11-13(12)5-6-14(20)18(2)7-4-8-19(3,17(22)23)15(18)9-16(20)21/h13-15H,1,4-11H2,2-3H3,(H,22,23)/t13-,14+,15+,18+,19-,20+/m1/s1. The molecule has 0 aromatic heterocycles. The van der Waals surface area contributed by atoms with Crippen LogP contribution in [0.4, 0.5) is 0 Å². The van der Waals surface area contributed by atoms with Gasteiger partial charge in [-0.2, -0.15) is 0 Å². The third kappa shape index (κ3) is 1.71. The van der Waals surface area contributed by atoms with E-state index < -0.39 is 11.4 Å². The molecular weight excluding hydrogens is 288 g/mol. The lowest BCUT2D eigenvalue weighted by Crippen LogP contribution is -2.61. The van der Waals surface area contributed by atoms with E-state index in [0.29, 0.717) is 30.5 Å². The van der Waals surface area contributed by atoms with E-state index in [9.17, 15) is 14.7 Å². The molecule has 4 aliphatic rings. The van der Waals surface area contributed by atoms with E-state index in [1.807, 2.05) is 6.92 Å². The number of fused-ring (bicyclic) bond motifs is 3. The van der Waals surface area contributed by atoms with E-state index in [0.717, 1.165) is 38.5 Å². The lowest BCUT2D eigenvalue weighted by atomic mass is 9.40.